The predicted molar refractivity (Wildman–Crippen MR) is 73.5 cm³/mol. The van der Waals surface area contributed by atoms with Gasteiger partial charge in [-0.05, 0) is 27.2 Å². The molecule has 0 unspecified atom stereocenters. The zero-order valence-electron chi connectivity index (χ0n) is 12.0. The van der Waals surface area contributed by atoms with Crippen molar-refractivity contribution in [3.05, 3.63) is 17.0 Å². The summed E-state index contributed by atoms with van der Waals surface area (Å²) in [6.45, 7) is 10.8. The largest absolute Gasteiger partial charge is 0.370 e. The van der Waals surface area contributed by atoms with Crippen LogP contribution in [0.5, 0.6) is 0 Å². The molecule has 0 atom stereocenters. The van der Waals surface area contributed by atoms with E-state index in [0.717, 1.165) is 29.9 Å². The second kappa shape index (κ2) is 5.89. The van der Waals surface area contributed by atoms with Gasteiger partial charge in [-0.15, -0.1) is 0 Å². The molecule has 0 aliphatic carbocycles. The van der Waals surface area contributed by atoms with Gasteiger partial charge in [0.1, 0.15) is 5.76 Å². The quantitative estimate of drug-likeness (QED) is 0.635. The lowest BCUT2D eigenvalue weighted by Crippen LogP contribution is -2.45. The molecule has 0 aliphatic heterocycles. The monoisotopic (exact) mass is 252 g/mol. The molecule has 1 heterocycles. The number of hydrogen-bond donors (Lipinski definition) is 2. The molecule has 1 aromatic heterocycles. The molecular formula is C13H24N4O. The van der Waals surface area contributed by atoms with Crippen molar-refractivity contribution in [3.63, 3.8) is 0 Å². The van der Waals surface area contributed by atoms with Crippen LogP contribution in [0.4, 0.5) is 0 Å². The Morgan fingerprint density at radius 1 is 1.33 bits per heavy atom. The fourth-order valence-corrected chi connectivity index (χ4v) is 1.70. The minimum absolute atomic E-state index is 0.0800. The molecule has 102 valence electrons. The number of nitrogens with one attached hydrogen (secondary N) is 1. The molecule has 0 radical (unpaired) electrons. The Kier molecular flexibility index (Phi) is 4.76. The van der Waals surface area contributed by atoms with E-state index in [1.54, 1.807) is 0 Å². The highest BCUT2D eigenvalue weighted by Gasteiger charge is 2.14. The Morgan fingerprint density at radius 3 is 2.50 bits per heavy atom. The van der Waals surface area contributed by atoms with Crippen molar-refractivity contribution < 1.29 is 4.52 Å². The van der Waals surface area contributed by atoms with E-state index < -0.39 is 0 Å². The average Bonchev–Trinajstić information content (AvgIpc) is 2.65. The van der Waals surface area contributed by atoms with Gasteiger partial charge in [0, 0.05) is 17.5 Å². The van der Waals surface area contributed by atoms with Crippen LogP contribution in [0.25, 0.3) is 0 Å². The van der Waals surface area contributed by atoms with Gasteiger partial charge in [0.2, 0.25) is 0 Å². The van der Waals surface area contributed by atoms with Crippen molar-refractivity contribution in [2.75, 3.05) is 0 Å². The molecule has 5 nitrogen and oxygen atoms in total. The second-order valence-corrected chi connectivity index (χ2v) is 5.31. The highest BCUT2D eigenvalue weighted by molar-refractivity contribution is 5.78. The number of aromatic nitrogens is 1. The molecule has 0 amide bonds. The molecule has 1 aromatic rings. The molecule has 0 spiro atoms. The van der Waals surface area contributed by atoms with Crippen LogP contribution in [0, 0.1) is 0 Å². The lowest BCUT2D eigenvalue weighted by molar-refractivity contribution is 0.380. The van der Waals surface area contributed by atoms with Crippen LogP contribution >= 0.6 is 0 Å². The number of aryl methyl sites for hydroxylation is 2. The first-order valence-electron chi connectivity index (χ1n) is 6.41. The molecular weight excluding hydrogens is 228 g/mol. The molecule has 0 saturated heterocycles. The van der Waals surface area contributed by atoms with Crippen LogP contribution in [0.2, 0.25) is 0 Å². The molecule has 0 fully saturated rings. The third kappa shape index (κ3) is 4.05. The predicted octanol–water partition coefficient (Wildman–Crippen LogP) is 2.00. The number of rotatable bonds is 4. The van der Waals surface area contributed by atoms with Gasteiger partial charge in [-0.1, -0.05) is 19.0 Å². The first-order chi connectivity index (χ1) is 8.37. The molecule has 3 N–H and O–H groups in total. The summed E-state index contributed by atoms with van der Waals surface area (Å²) < 4.78 is 5.29. The van der Waals surface area contributed by atoms with E-state index in [-0.39, 0.29) is 5.54 Å². The van der Waals surface area contributed by atoms with Crippen LogP contribution in [-0.2, 0) is 19.4 Å². The number of guanidine groups is 1. The van der Waals surface area contributed by atoms with Gasteiger partial charge in [0.15, 0.2) is 5.96 Å². The van der Waals surface area contributed by atoms with E-state index in [9.17, 15) is 0 Å². The zero-order chi connectivity index (χ0) is 13.8. The van der Waals surface area contributed by atoms with Crippen molar-refractivity contribution in [2.45, 2.75) is 59.5 Å². The van der Waals surface area contributed by atoms with Crippen LogP contribution in [0.1, 0.15) is 51.6 Å². The standard InChI is InChI=1S/C13H24N4O/c1-6-10-9(11(7-2)18-17-10)8-15-12(14)16-13(3,4)5/h6-8H2,1-5H3,(H3,14,15,16). The lowest BCUT2D eigenvalue weighted by Gasteiger charge is -2.20. The average molecular weight is 252 g/mol. The second-order valence-electron chi connectivity index (χ2n) is 5.31. The molecule has 18 heavy (non-hydrogen) atoms. The maximum atomic E-state index is 5.85. The van der Waals surface area contributed by atoms with E-state index in [0.29, 0.717) is 12.5 Å². The van der Waals surface area contributed by atoms with Crippen LogP contribution in [0.15, 0.2) is 9.52 Å². The van der Waals surface area contributed by atoms with Gasteiger partial charge < -0.3 is 15.6 Å². The van der Waals surface area contributed by atoms with Crippen LogP contribution in [-0.4, -0.2) is 16.7 Å². The summed E-state index contributed by atoms with van der Waals surface area (Å²) in [5.74, 6) is 1.35. The Balaban J connectivity index is 2.78. The third-order valence-electron chi connectivity index (χ3n) is 2.52. The minimum Gasteiger partial charge on any atom is -0.370 e. The maximum Gasteiger partial charge on any atom is 0.189 e. The summed E-state index contributed by atoms with van der Waals surface area (Å²) in [4.78, 5) is 4.35. The zero-order valence-corrected chi connectivity index (χ0v) is 12.0. The summed E-state index contributed by atoms with van der Waals surface area (Å²) in [6.07, 6.45) is 1.67. The van der Waals surface area contributed by atoms with Gasteiger partial charge in [-0.2, -0.15) is 0 Å². The Labute approximate surface area is 109 Å². The fraction of sp³-hybridized carbons (Fsp3) is 0.692. The van der Waals surface area contributed by atoms with Crippen molar-refractivity contribution in [1.29, 1.82) is 0 Å². The lowest BCUT2D eigenvalue weighted by atomic mass is 10.1. The summed E-state index contributed by atoms with van der Waals surface area (Å²) >= 11 is 0. The topological polar surface area (TPSA) is 76.4 Å². The van der Waals surface area contributed by atoms with Gasteiger partial charge in [-0.3, -0.25) is 0 Å². The molecule has 5 heteroatoms. The summed E-state index contributed by atoms with van der Waals surface area (Å²) in [6, 6.07) is 0. The van der Waals surface area contributed by atoms with Crippen molar-refractivity contribution in [3.8, 4) is 0 Å². The van der Waals surface area contributed by atoms with Crippen LogP contribution in [0.3, 0.4) is 0 Å². The Hall–Kier alpha value is -1.52. The summed E-state index contributed by atoms with van der Waals surface area (Å²) in [7, 11) is 0. The summed E-state index contributed by atoms with van der Waals surface area (Å²) in [5.41, 5.74) is 7.81. The summed E-state index contributed by atoms with van der Waals surface area (Å²) in [5, 5.41) is 7.19. The normalized spacial score (nSPS) is 12.8. The Morgan fingerprint density at radius 2 is 2.00 bits per heavy atom. The molecule has 0 aromatic carbocycles. The number of nitrogens with zero attached hydrogens (tertiary/aromatic N) is 2. The van der Waals surface area contributed by atoms with Crippen molar-refractivity contribution in [2.24, 2.45) is 10.7 Å². The van der Waals surface area contributed by atoms with E-state index in [1.807, 2.05) is 27.7 Å². The molecule has 0 saturated carbocycles. The van der Waals surface area contributed by atoms with Crippen LogP contribution < -0.4 is 11.1 Å². The van der Waals surface area contributed by atoms with Gasteiger partial charge in [0.05, 0.1) is 12.2 Å². The van der Waals surface area contributed by atoms with E-state index in [1.165, 1.54) is 0 Å². The Bertz CT molecular complexity index is 394. The number of nitrogens with two attached hydrogens (primary N) is 1. The highest BCUT2D eigenvalue weighted by atomic mass is 16.5. The minimum atomic E-state index is -0.0800. The maximum absolute atomic E-state index is 5.85. The highest BCUT2D eigenvalue weighted by Crippen LogP contribution is 2.16. The molecule has 0 bridgehead atoms. The molecule has 1 rings (SSSR count). The first kappa shape index (κ1) is 14.5. The number of aliphatic imine (C=N–C) groups is 1. The fourth-order valence-electron chi connectivity index (χ4n) is 1.70. The van der Waals surface area contributed by atoms with Crippen molar-refractivity contribution in [1.82, 2.24) is 10.5 Å². The van der Waals surface area contributed by atoms with Gasteiger partial charge >= 0.3 is 0 Å². The van der Waals surface area contributed by atoms with E-state index >= 15 is 0 Å². The third-order valence-corrected chi connectivity index (χ3v) is 2.52. The van der Waals surface area contributed by atoms with Crippen molar-refractivity contribution >= 4 is 5.96 Å². The van der Waals surface area contributed by atoms with E-state index in [2.05, 4.69) is 22.4 Å². The van der Waals surface area contributed by atoms with Gasteiger partial charge in [-0.25, -0.2) is 4.99 Å². The van der Waals surface area contributed by atoms with E-state index in [4.69, 9.17) is 10.3 Å². The number of hydrogen-bond acceptors (Lipinski definition) is 3. The molecule has 0 aliphatic rings. The first-order valence-corrected chi connectivity index (χ1v) is 6.41. The smallest absolute Gasteiger partial charge is 0.189 e. The SMILES string of the molecule is CCc1noc(CC)c1CN=C(N)NC(C)(C)C. The van der Waals surface area contributed by atoms with Gasteiger partial charge in [0.25, 0.3) is 0 Å².